The van der Waals surface area contributed by atoms with E-state index in [0.29, 0.717) is 6.07 Å². The number of ether oxygens (including phenoxy) is 3. The quantitative estimate of drug-likeness (QED) is 0.617. The number of carbonyl (C=O) groups is 1. The molecule has 0 N–H and O–H groups in total. The molecule has 8 heteroatoms. The molecule has 0 radical (unpaired) electrons. The highest BCUT2D eigenvalue weighted by Gasteiger charge is 2.37. The van der Waals surface area contributed by atoms with E-state index in [1.54, 1.807) is 6.92 Å². The monoisotopic (exact) mass is 293 g/mol. The summed E-state index contributed by atoms with van der Waals surface area (Å²) >= 11 is 0. The molecule has 20 heavy (non-hydrogen) atoms. The topological polar surface area (TPSA) is 57.7 Å². The Morgan fingerprint density at radius 3 is 2.40 bits per heavy atom. The van der Waals surface area contributed by atoms with Gasteiger partial charge in [-0.05, 0) is 13.0 Å². The van der Waals surface area contributed by atoms with Crippen LogP contribution in [0.1, 0.15) is 34.8 Å². The van der Waals surface area contributed by atoms with Crippen LogP contribution in [0.3, 0.4) is 0 Å². The molecule has 1 aromatic rings. The number of rotatable bonds is 5. The Hall–Kier alpha value is -1.67. The smallest absolute Gasteiger partial charge is 0.418 e. The van der Waals surface area contributed by atoms with E-state index in [-0.39, 0.29) is 12.2 Å². The van der Waals surface area contributed by atoms with Gasteiger partial charge in [0.05, 0.1) is 17.7 Å². The fraction of sp³-hybridized carbons (Fsp3) is 0.500. The minimum Gasteiger partial charge on any atom is -0.462 e. The van der Waals surface area contributed by atoms with E-state index in [0.717, 1.165) is 6.20 Å². The number of pyridine rings is 1. The molecule has 0 unspecified atom stereocenters. The molecule has 0 fully saturated rings. The fourth-order valence-electron chi connectivity index (χ4n) is 1.54. The first-order chi connectivity index (χ1) is 9.35. The number of hydrogen-bond acceptors (Lipinski definition) is 5. The number of hydrogen-bond donors (Lipinski definition) is 0. The lowest BCUT2D eigenvalue weighted by atomic mass is 10.1. The fourth-order valence-corrected chi connectivity index (χ4v) is 1.54. The lowest BCUT2D eigenvalue weighted by Gasteiger charge is -2.18. The van der Waals surface area contributed by atoms with Gasteiger partial charge in [0.25, 0.3) is 0 Å². The Morgan fingerprint density at radius 1 is 1.35 bits per heavy atom. The van der Waals surface area contributed by atoms with Crippen molar-refractivity contribution in [1.29, 1.82) is 0 Å². The van der Waals surface area contributed by atoms with Crippen LogP contribution in [0, 0.1) is 0 Å². The van der Waals surface area contributed by atoms with Crippen molar-refractivity contribution >= 4 is 5.97 Å². The number of aromatic nitrogens is 1. The normalized spacial score (nSPS) is 11.8. The standard InChI is InChI=1S/C12H14F3NO4/c1-4-20-10(17)7-5-8(12(13,14)15)9(16-6-7)11(18-2)19-3/h5-6,11H,4H2,1-3H3. The Bertz CT molecular complexity index is 472. The molecule has 112 valence electrons. The van der Waals surface area contributed by atoms with E-state index in [2.05, 4.69) is 9.72 Å². The van der Waals surface area contributed by atoms with E-state index in [4.69, 9.17) is 9.47 Å². The molecule has 0 atom stereocenters. The summed E-state index contributed by atoms with van der Waals surface area (Å²) < 4.78 is 53.2. The Kier molecular flexibility index (Phi) is 5.46. The molecule has 5 nitrogen and oxygen atoms in total. The Labute approximate surface area is 113 Å². The van der Waals surface area contributed by atoms with Crippen molar-refractivity contribution in [3.8, 4) is 0 Å². The van der Waals surface area contributed by atoms with Crippen molar-refractivity contribution in [2.75, 3.05) is 20.8 Å². The predicted octanol–water partition coefficient (Wildman–Crippen LogP) is 2.57. The van der Waals surface area contributed by atoms with Crippen LogP contribution in [0.2, 0.25) is 0 Å². The molecule has 0 amide bonds. The number of esters is 1. The van der Waals surface area contributed by atoms with Crippen molar-refractivity contribution in [2.45, 2.75) is 19.4 Å². The zero-order chi connectivity index (χ0) is 15.3. The number of halogens is 3. The summed E-state index contributed by atoms with van der Waals surface area (Å²) in [5.74, 6) is -0.872. The molecule has 0 bridgehead atoms. The van der Waals surface area contributed by atoms with Crippen LogP contribution in [0.25, 0.3) is 0 Å². The Morgan fingerprint density at radius 2 is 1.95 bits per heavy atom. The third-order valence-corrected chi connectivity index (χ3v) is 2.39. The van der Waals surface area contributed by atoms with Crippen LogP contribution in [0.15, 0.2) is 12.3 Å². The highest BCUT2D eigenvalue weighted by Crippen LogP contribution is 2.35. The highest BCUT2D eigenvalue weighted by atomic mass is 19.4. The summed E-state index contributed by atoms with van der Waals surface area (Å²) in [4.78, 5) is 15.1. The number of methoxy groups -OCH3 is 2. The van der Waals surface area contributed by atoms with E-state index in [1.165, 1.54) is 14.2 Å². The summed E-state index contributed by atoms with van der Waals surface area (Å²) in [5.41, 5.74) is -1.83. The second-order valence-electron chi connectivity index (χ2n) is 3.68. The number of alkyl halides is 3. The van der Waals surface area contributed by atoms with Gasteiger partial charge >= 0.3 is 12.1 Å². The molecule has 0 saturated carbocycles. The van der Waals surface area contributed by atoms with Gasteiger partial charge in [-0.3, -0.25) is 4.98 Å². The maximum Gasteiger partial charge on any atom is 0.418 e. The lowest BCUT2D eigenvalue weighted by molar-refractivity contribution is -0.149. The summed E-state index contributed by atoms with van der Waals surface area (Å²) in [6.45, 7) is 1.61. The van der Waals surface area contributed by atoms with E-state index in [9.17, 15) is 18.0 Å². The third kappa shape index (κ3) is 3.67. The van der Waals surface area contributed by atoms with Crippen LogP contribution in [-0.4, -0.2) is 31.8 Å². The van der Waals surface area contributed by atoms with Crippen molar-refractivity contribution < 1.29 is 32.2 Å². The maximum absolute atomic E-state index is 13.0. The zero-order valence-electron chi connectivity index (χ0n) is 11.2. The van der Waals surface area contributed by atoms with Gasteiger partial charge in [-0.15, -0.1) is 0 Å². The van der Waals surface area contributed by atoms with Crippen LogP contribution in [-0.2, 0) is 20.4 Å². The summed E-state index contributed by atoms with van der Waals surface area (Å²) in [6.07, 6.45) is -4.98. The van der Waals surface area contributed by atoms with Gasteiger partial charge in [-0.2, -0.15) is 13.2 Å². The molecular formula is C12H14F3NO4. The molecule has 1 aromatic heterocycles. The first kappa shape index (κ1) is 16.4. The third-order valence-electron chi connectivity index (χ3n) is 2.39. The van der Waals surface area contributed by atoms with Crippen molar-refractivity contribution in [3.63, 3.8) is 0 Å². The second kappa shape index (κ2) is 6.67. The maximum atomic E-state index is 13.0. The number of carbonyl (C=O) groups excluding carboxylic acids is 1. The van der Waals surface area contributed by atoms with E-state index < -0.39 is 29.7 Å². The zero-order valence-corrected chi connectivity index (χ0v) is 11.2. The van der Waals surface area contributed by atoms with Gasteiger partial charge in [0, 0.05) is 20.4 Å². The molecule has 1 rings (SSSR count). The molecule has 0 saturated heterocycles. The van der Waals surface area contributed by atoms with Crippen molar-refractivity contribution in [3.05, 3.63) is 29.1 Å². The van der Waals surface area contributed by atoms with Gasteiger partial charge in [0.2, 0.25) is 6.29 Å². The average molecular weight is 293 g/mol. The molecule has 0 aliphatic heterocycles. The summed E-state index contributed by atoms with van der Waals surface area (Å²) in [5, 5.41) is 0. The minimum atomic E-state index is -4.69. The van der Waals surface area contributed by atoms with Gasteiger partial charge in [0.1, 0.15) is 5.69 Å². The predicted molar refractivity (Wildman–Crippen MR) is 62.0 cm³/mol. The first-order valence-corrected chi connectivity index (χ1v) is 5.65. The molecule has 0 spiro atoms. The lowest BCUT2D eigenvalue weighted by Crippen LogP contribution is -2.18. The van der Waals surface area contributed by atoms with E-state index >= 15 is 0 Å². The van der Waals surface area contributed by atoms with Crippen molar-refractivity contribution in [2.24, 2.45) is 0 Å². The molecule has 0 aliphatic rings. The summed E-state index contributed by atoms with van der Waals surface area (Å²) in [6, 6.07) is 0.672. The molecular weight excluding hydrogens is 279 g/mol. The van der Waals surface area contributed by atoms with Crippen LogP contribution in [0.5, 0.6) is 0 Å². The molecule has 0 aliphatic carbocycles. The van der Waals surface area contributed by atoms with Gasteiger partial charge < -0.3 is 14.2 Å². The summed E-state index contributed by atoms with van der Waals surface area (Å²) in [7, 11) is 2.38. The minimum absolute atomic E-state index is 0.0563. The van der Waals surface area contributed by atoms with Crippen LogP contribution < -0.4 is 0 Å². The molecule has 0 aromatic carbocycles. The van der Waals surface area contributed by atoms with Gasteiger partial charge in [0.15, 0.2) is 0 Å². The molecule has 1 heterocycles. The second-order valence-corrected chi connectivity index (χ2v) is 3.68. The largest absolute Gasteiger partial charge is 0.462 e. The van der Waals surface area contributed by atoms with Crippen LogP contribution >= 0.6 is 0 Å². The average Bonchev–Trinajstić information content (AvgIpc) is 2.39. The SMILES string of the molecule is CCOC(=O)c1cnc(C(OC)OC)c(C(F)(F)F)c1. The van der Waals surface area contributed by atoms with Crippen LogP contribution in [0.4, 0.5) is 13.2 Å². The Balaban J connectivity index is 3.30. The highest BCUT2D eigenvalue weighted by molar-refractivity contribution is 5.89. The first-order valence-electron chi connectivity index (χ1n) is 5.65. The van der Waals surface area contributed by atoms with E-state index in [1.807, 2.05) is 0 Å². The van der Waals surface area contributed by atoms with Crippen molar-refractivity contribution in [1.82, 2.24) is 4.98 Å². The number of nitrogens with zero attached hydrogens (tertiary/aromatic N) is 1. The van der Waals surface area contributed by atoms with Gasteiger partial charge in [-0.25, -0.2) is 4.79 Å². The van der Waals surface area contributed by atoms with Gasteiger partial charge in [-0.1, -0.05) is 0 Å².